The molecule has 7 nitrogen and oxygen atoms in total. The number of rotatable bonds is 11. The summed E-state index contributed by atoms with van der Waals surface area (Å²) in [6, 6.07) is 13.3. The number of benzene rings is 2. The van der Waals surface area contributed by atoms with Crippen LogP contribution < -0.4 is 15.4 Å². The number of carbonyl (C=O) groups excluding carboxylic acids is 2. The quantitative estimate of drug-likeness (QED) is 0.448. The van der Waals surface area contributed by atoms with Gasteiger partial charge in [0.1, 0.15) is 17.6 Å². The van der Waals surface area contributed by atoms with E-state index in [4.69, 9.17) is 9.47 Å². The van der Waals surface area contributed by atoms with Crippen LogP contribution in [0.2, 0.25) is 0 Å². The second-order valence-corrected chi connectivity index (χ2v) is 10.6. The van der Waals surface area contributed by atoms with Crippen molar-refractivity contribution in [3.63, 3.8) is 0 Å². The van der Waals surface area contributed by atoms with E-state index in [2.05, 4.69) is 22.8 Å². The monoisotopic (exact) mass is 515 g/mol. The van der Waals surface area contributed by atoms with Crippen molar-refractivity contribution >= 4 is 23.6 Å². The highest BCUT2D eigenvalue weighted by Gasteiger charge is 2.38. The lowest BCUT2D eigenvalue weighted by Gasteiger charge is -2.33. The average molecular weight is 516 g/mol. The predicted molar refractivity (Wildman–Crippen MR) is 139 cm³/mol. The normalized spacial score (nSPS) is 20.9. The van der Waals surface area contributed by atoms with E-state index in [0.717, 1.165) is 24.5 Å². The van der Waals surface area contributed by atoms with Crippen molar-refractivity contribution in [3.8, 4) is 5.75 Å². The third-order valence-electron chi connectivity index (χ3n) is 6.67. The highest BCUT2D eigenvalue weighted by Crippen LogP contribution is 2.41. The number of hydrogen-bond donors (Lipinski definition) is 2. The topological polar surface area (TPSA) is 79.9 Å². The summed E-state index contributed by atoms with van der Waals surface area (Å²) in [5, 5.41) is 6.37. The maximum atomic E-state index is 13.3. The fourth-order valence-corrected chi connectivity index (χ4v) is 5.40. The summed E-state index contributed by atoms with van der Waals surface area (Å²) < 4.78 is 23.9. The van der Waals surface area contributed by atoms with E-state index >= 15 is 0 Å². The lowest BCUT2D eigenvalue weighted by molar-refractivity contribution is -0.137. The third-order valence-corrected chi connectivity index (χ3v) is 7.91. The minimum atomic E-state index is -0.682. The number of nitrogens with zero attached hydrogens (tertiary/aromatic N) is 1. The number of nitrogens with one attached hydrogen (secondary N) is 2. The maximum Gasteiger partial charge on any atom is 0.251 e. The molecule has 1 saturated heterocycles. The number of carbonyl (C=O) groups is 2. The summed E-state index contributed by atoms with van der Waals surface area (Å²) in [5.74, 6) is 1.29. The Bertz CT molecular complexity index is 1010. The molecule has 0 radical (unpaired) electrons. The molecule has 1 aliphatic carbocycles. The van der Waals surface area contributed by atoms with Gasteiger partial charge in [0.05, 0.1) is 20.3 Å². The first-order valence-electron chi connectivity index (χ1n) is 12.4. The Balaban J connectivity index is 1.29. The number of thioether (sulfide) groups is 1. The second kappa shape index (κ2) is 12.6. The molecule has 2 aliphatic rings. The van der Waals surface area contributed by atoms with Gasteiger partial charge in [-0.3, -0.25) is 9.59 Å². The molecular weight excluding hydrogens is 481 g/mol. The van der Waals surface area contributed by atoms with Crippen molar-refractivity contribution in [2.45, 2.75) is 36.6 Å². The first-order chi connectivity index (χ1) is 17.5. The Morgan fingerprint density at radius 1 is 1.14 bits per heavy atom. The lowest BCUT2D eigenvalue weighted by Crippen LogP contribution is -2.55. The minimum absolute atomic E-state index is 0.108. The molecule has 1 aliphatic heterocycles. The van der Waals surface area contributed by atoms with Gasteiger partial charge in [-0.15, -0.1) is 0 Å². The van der Waals surface area contributed by atoms with Gasteiger partial charge in [-0.1, -0.05) is 19.1 Å². The van der Waals surface area contributed by atoms with Gasteiger partial charge in [0, 0.05) is 48.2 Å². The molecule has 194 valence electrons. The number of amides is 2. The molecule has 2 N–H and O–H groups in total. The minimum Gasteiger partial charge on any atom is -0.497 e. The summed E-state index contributed by atoms with van der Waals surface area (Å²) in [7, 11) is 1.67. The summed E-state index contributed by atoms with van der Waals surface area (Å²) in [4.78, 5) is 27.9. The van der Waals surface area contributed by atoms with Crippen molar-refractivity contribution < 1.29 is 23.5 Å². The zero-order valence-electron chi connectivity index (χ0n) is 20.7. The van der Waals surface area contributed by atoms with Gasteiger partial charge >= 0.3 is 0 Å². The molecule has 0 unspecified atom stereocenters. The van der Waals surface area contributed by atoms with Gasteiger partial charge in [0.2, 0.25) is 5.91 Å². The Morgan fingerprint density at radius 3 is 2.50 bits per heavy atom. The largest absolute Gasteiger partial charge is 0.497 e. The van der Waals surface area contributed by atoms with Crippen LogP contribution in [-0.4, -0.2) is 79.8 Å². The van der Waals surface area contributed by atoms with E-state index in [0.29, 0.717) is 43.8 Å². The molecule has 1 heterocycles. The van der Waals surface area contributed by atoms with E-state index in [1.165, 1.54) is 29.8 Å². The molecule has 4 rings (SSSR count). The van der Waals surface area contributed by atoms with E-state index in [9.17, 15) is 14.0 Å². The van der Waals surface area contributed by atoms with Crippen molar-refractivity contribution in [1.29, 1.82) is 0 Å². The molecule has 0 aromatic heterocycles. The SMILES string of the molecule is COc1ccc([C@@H]2C[C@H]2NCCS[C@@H](C)[C@H](NC(=O)c2ccc(F)cc2)C(=O)N2CCOCC2)cc1. The molecule has 4 atom stereocenters. The van der Waals surface area contributed by atoms with Gasteiger partial charge in [-0.2, -0.15) is 11.8 Å². The number of methoxy groups -OCH3 is 1. The van der Waals surface area contributed by atoms with E-state index in [1.807, 2.05) is 19.1 Å². The first-order valence-corrected chi connectivity index (χ1v) is 13.4. The van der Waals surface area contributed by atoms with Crippen LogP contribution in [0.5, 0.6) is 5.75 Å². The first kappa shape index (κ1) is 26.4. The van der Waals surface area contributed by atoms with E-state index in [1.54, 1.807) is 23.8 Å². The number of hydrogen-bond acceptors (Lipinski definition) is 6. The van der Waals surface area contributed by atoms with Gasteiger partial charge in [0.25, 0.3) is 5.91 Å². The molecule has 0 bridgehead atoms. The van der Waals surface area contributed by atoms with Crippen molar-refractivity contribution in [2.24, 2.45) is 0 Å². The van der Waals surface area contributed by atoms with Crippen LogP contribution in [0.25, 0.3) is 0 Å². The van der Waals surface area contributed by atoms with Crippen molar-refractivity contribution in [2.75, 3.05) is 45.7 Å². The van der Waals surface area contributed by atoms with Crippen LogP contribution in [0.4, 0.5) is 4.39 Å². The number of morpholine rings is 1. The number of halogens is 1. The Hall–Kier alpha value is -2.62. The van der Waals surface area contributed by atoms with Gasteiger partial charge < -0.3 is 25.0 Å². The van der Waals surface area contributed by atoms with Crippen LogP contribution in [-0.2, 0) is 9.53 Å². The summed E-state index contributed by atoms with van der Waals surface area (Å²) in [6.07, 6.45) is 1.11. The van der Waals surface area contributed by atoms with Crippen LogP contribution in [0.1, 0.15) is 35.2 Å². The Labute approximate surface area is 216 Å². The Kier molecular flexibility index (Phi) is 9.23. The van der Waals surface area contributed by atoms with Crippen molar-refractivity contribution in [1.82, 2.24) is 15.5 Å². The molecule has 1 saturated carbocycles. The van der Waals surface area contributed by atoms with Gasteiger partial charge in [-0.25, -0.2) is 4.39 Å². The highest BCUT2D eigenvalue weighted by molar-refractivity contribution is 8.00. The Morgan fingerprint density at radius 2 is 1.83 bits per heavy atom. The highest BCUT2D eigenvalue weighted by atomic mass is 32.2. The maximum absolute atomic E-state index is 13.3. The van der Waals surface area contributed by atoms with Gasteiger partial charge in [-0.05, 0) is 48.4 Å². The molecule has 2 aromatic rings. The fraction of sp³-hybridized carbons (Fsp3) is 0.481. The molecule has 2 fully saturated rings. The van der Waals surface area contributed by atoms with Crippen LogP contribution in [0.15, 0.2) is 48.5 Å². The molecular formula is C27H34FN3O4S. The summed E-state index contributed by atoms with van der Waals surface area (Å²) in [6.45, 7) is 4.79. The molecule has 36 heavy (non-hydrogen) atoms. The van der Waals surface area contributed by atoms with Crippen LogP contribution in [0.3, 0.4) is 0 Å². The second-order valence-electron chi connectivity index (χ2n) is 9.15. The van der Waals surface area contributed by atoms with Gasteiger partial charge in [0.15, 0.2) is 0 Å². The smallest absolute Gasteiger partial charge is 0.251 e. The summed E-state index contributed by atoms with van der Waals surface area (Å²) >= 11 is 1.66. The van der Waals surface area contributed by atoms with Crippen molar-refractivity contribution in [3.05, 3.63) is 65.5 Å². The zero-order chi connectivity index (χ0) is 25.5. The molecule has 9 heteroatoms. The standard InChI is InChI=1S/C27H34FN3O4S/c1-18(36-16-11-29-24-17-23(24)19-5-9-22(34-2)10-6-19)25(27(33)31-12-14-35-15-13-31)30-26(32)20-3-7-21(28)8-4-20/h3-10,18,23-25,29H,11-17H2,1-2H3,(H,30,32)/t18-,23-,24+,25-/m0/s1. The third kappa shape index (κ3) is 6.99. The fourth-order valence-electron chi connectivity index (χ4n) is 4.41. The average Bonchev–Trinajstić information content (AvgIpc) is 3.69. The zero-order valence-corrected chi connectivity index (χ0v) is 21.6. The van der Waals surface area contributed by atoms with E-state index in [-0.39, 0.29) is 17.1 Å². The predicted octanol–water partition coefficient (Wildman–Crippen LogP) is 3.06. The molecule has 2 amide bonds. The summed E-state index contributed by atoms with van der Waals surface area (Å²) in [5.41, 5.74) is 1.64. The lowest BCUT2D eigenvalue weighted by atomic mass is 10.1. The van der Waals surface area contributed by atoms with Crippen LogP contribution in [0, 0.1) is 5.82 Å². The molecule has 2 aromatic carbocycles. The van der Waals surface area contributed by atoms with Crippen LogP contribution >= 0.6 is 11.8 Å². The molecule has 0 spiro atoms. The number of ether oxygens (including phenoxy) is 2. The van der Waals surface area contributed by atoms with E-state index < -0.39 is 11.9 Å².